The lowest BCUT2D eigenvalue weighted by atomic mass is 10.2. The maximum atomic E-state index is 10.6. The van der Waals surface area contributed by atoms with Crippen LogP contribution in [0.25, 0.3) is 0 Å². The van der Waals surface area contributed by atoms with Gasteiger partial charge < -0.3 is 0 Å². The van der Waals surface area contributed by atoms with E-state index in [0.717, 1.165) is 0 Å². The number of carbonyl (C=O) groups is 1. The van der Waals surface area contributed by atoms with Crippen LogP contribution in [0, 0.1) is 0 Å². The average molecular weight is 128 g/mol. The Morgan fingerprint density at radius 3 is 3.00 bits per heavy atom. The van der Waals surface area contributed by atoms with Crippen LogP contribution in [0.1, 0.15) is 13.3 Å². The molecule has 1 nitrogen and oxygen atoms in total. The SMILES string of the molecule is CC1CC(=O)C=CS1. The van der Waals surface area contributed by atoms with E-state index >= 15 is 0 Å². The second-order valence-corrected chi connectivity index (χ2v) is 3.27. The largest absolute Gasteiger partial charge is 0.295 e. The normalized spacial score (nSPS) is 28.6. The van der Waals surface area contributed by atoms with E-state index in [0.29, 0.717) is 11.7 Å². The van der Waals surface area contributed by atoms with Crippen LogP contribution in [-0.2, 0) is 4.79 Å². The predicted octanol–water partition coefficient (Wildman–Crippen LogP) is 1.59. The topological polar surface area (TPSA) is 17.1 Å². The summed E-state index contributed by atoms with van der Waals surface area (Å²) < 4.78 is 0. The number of hydrogen-bond donors (Lipinski definition) is 0. The summed E-state index contributed by atoms with van der Waals surface area (Å²) in [6.07, 6.45) is 2.35. The molecule has 0 aromatic carbocycles. The zero-order chi connectivity index (χ0) is 5.98. The smallest absolute Gasteiger partial charge is 0.157 e. The number of hydrogen-bond acceptors (Lipinski definition) is 2. The minimum atomic E-state index is 0.260. The molecule has 1 atom stereocenters. The predicted molar refractivity (Wildman–Crippen MR) is 35.8 cm³/mol. The van der Waals surface area contributed by atoms with Crippen molar-refractivity contribution in [2.45, 2.75) is 18.6 Å². The van der Waals surface area contributed by atoms with Gasteiger partial charge >= 0.3 is 0 Å². The molecule has 0 N–H and O–H groups in total. The highest BCUT2D eigenvalue weighted by atomic mass is 32.2. The summed E-state index contributed by atoms with van der Waals surface area (Å²) in [7, 11) is 0. The summed E-state index contributed by atoms with van der Waals surface area (Å²) in [6, 6.07) is 0. The molecule has 1 rings (SSSR count). The van der Waals surface area contributed by atoms with Crippen molar-refractivity contribution in [3.8, 4) is 0 Å². The van der Waals surface area contributed by atoms with Crippen LogP contribution in [-0.4, -0.2) is 11.0 Å². The number of allylic oxidation sites excluding steroid dienone is 1. The van der Waals surface area contributed by atoms with Gasteiger partial charge in [-0.1, -0.05) is 6.92 Å². The monoisotopic (exact) mass is 128 g/mol. The lowest BCUT2D eigenvalue weighted by Gasteiger charge is -2.08. The van der Waals surface area contributed by atoms with Gasteiger partial charge in [0.05, 0.1) is 0 Å². The molecule has 1 heterocycles. The molecule has 2 heteroatoms. The maximum absolute atomic E-state index is 10.6. The van der Waals surface area contributed by atoms with Crippen molar-refractivity contribution in [2.24, 2.45) is 0 Å². The van der Waals surface area contributed by atoms with Crippen molar-refractivity contribution in [3.05, 3.63) is 11.5 Å². The highest BCUT2D eigenvalue weighted by Gasteiger charge is 2.09. The first-order valence-electron chi connectivity index (χ1n) is 2.64. The maximum Gasteiger partial charge on any atom is 0.157 e. The standard InChI is InChI=1S/C6H8OS/c1-5-4-6(7)2-3-8-5/h2-3,5H,4H2,1H3. The first-order chi connectivity index (χ1) is 3.79. The molecule has 44 valence electrons. The molecular formula is C6H8OS. The van der Waals surface area contributed by atoms with E-state index in [2.05, 4.69) is 6.92 Å². The zero-order valence-corrected chi connectivity index (χ0v) is 5.57. The Balaban J connectivity index is 2.54. The third-order valence-corrected chi connectivity index (χ3v) is 1.98. The second-order valence-electron chi connectivity index (χ2n) is 1.92. The number of rotatable bonds is 0. The number of thioether (sulfide) groups is 1. The van der Waals surface area contributed by atoms with E-state index in [-0.39, 0.29) is 5.78 Å². The van der Waals surface area contributed by atoms with Crippen LogP contribution in [0.5, 0.6) is 0 Å². The Kier molecular flexibility index (Phi) is 1.73. The summed E-state index contributed by atoms with van der Waals surface area (Å²) in [6.45, 7) is 2.06. The van der Waals surface area contributed by atoms with Gasteiger partial charge in [0.1, 0.15) is 0 Å². The van der Waals surface area contributed by atoms with Crippen LogP contribution >= 0.6 is 11.8 Å². The molecule has 0 amide bonds. The van der Waals surface area contributed by atoms with E-state index in [1.54, 1.807) is 17.8 Å². The summed E-state index contributed by atoms with van der Waals surface area (Å²) in [5, 5.41) is 2.36. The van der Waals surface area contributed by atoms with E-state index < -0.39 is 0 Å². The van der Waals surface area contributed by atoms with Crippen LogP contribution in [0.15, 0.2) is 11.5 Å². The fourth-order valence-corrected chi connectivity index (χ4v) is 1.41. The Hall–Kier alpha value is -0.240. The minimum absolute atomic E-state index is 0.260. The second kappa shape index (κ2) is 2.35. The first-order valence-corrected chi connectivity index (χ1v) is 3.58. The molecule has 0 saturated carbocycles. The summed E-state index contributed by atoms with van der Waals surface area (Å²) >= 11 is 1.72. The van der Waals surface area contributed by atoms with Gasteiger partial charge in [0, 0.05) is 11.7 Å². The highest BCUT2D eigenvalue weighted by Crippen LogP contribution is 2.19. The van der Waals surface area contributed by atoms with E-state index in [1.165, 1.54) is 0 Å². The van der Waals surface area contributed by atoms with Gasteiger partial charge in [-0.2, -0.15) is 0 Å². The van der Waals surface area contributed by atoms with Gasteiger partial charge in [0.2, 0.25) is 0 Å². The Bertz CT molecular complexity index is 128. The van der Waals surface area contributed by atoms with Crippen molar-refractivity contribution in [1.29, 1.82) is 0 Å². The summed E-state index contributed by atoms with van der Waals surface area (Å²) in [5.41, 5.74) is 0. The van der Waals surface area contributed by atoms with Crippen LogP contribution in [0.2, 0.25) is 0 Å². The average Bonchev–Trinajstić information content (AvgIpc) is 1.64. The van der Waals surface area contributed by atoms with E-state index in [1.807, 2.05) is 5.41 Å². The number of carbonyl (C=O) groups excluding carboxylic acids is 1. The minimum Gasteiger partial charge on any atom is -0.295 e. The molecule has 0 fully saturated rings. The third kappa shape index (κ3) is 1.37. The van der Waals surface area contributed by atoms with Crippen molar-refractivity contribution in [2.75, 3.05) is 0 Å². The molecule has 0 aromatic heterocycles. The summed E-state index contributed by atoms with van der Waals surface area (Å²) in [5.74, 6) is 0.260. The fraction of sp³-hybridized carbons (Fsp3) is 0.500. The lowest BCUT2D eigenvalue weighted by molar-refractivity contribution is -0.114. The van der Waals surface area contributed by atoms with Crippen molar-refractivity contribution >= 4 is 17.5 Å². The molecular weight excluding hydrogens is 120 g/mol. The Labute approximate surface area is 53.2 Å². The van der Waals surface area contributed by atoms with Crippen molar-refractivity contribution < 1.29 is 4.79 Å². The Morgan fingerprint density at radius 2 is 2.62 bits per heavy atom. The Morgan fingerprint density at radius 1 is 1.88 bits per heavy atom. The lowest BCUT2D eigenvalue weighted by Crippen LogP contribution is -2.06. The van der Waals surface area contributed by atoms with Gasteiger partial charge in [-0.3, -0.25) is 4.79 Å². The van der Waals surface area contributed by atoms with E-state index in [9.17, 15) is 4.79 Å². The third-order valence-electron chi connectivity index (χ3n) is 1.05. The van der Waals surface area contributed by atoms with Gasteiger partial charge in [-0.15, -0.1) is 11.8 Å². The van der Waals surface area contributed by atoms with Gasteiger partial charge in [0.25, 0.3) is 0 Å². The summed E-state index contributed by atoms with van der Waals surface area (Å²) in [4.78, 5) is 10.6. The molecule has 0 spiro atoms. The van der Waals surface area contributed by atoms with Crippen molar-refractivity contribution in [3.63, 3.8) is 0 Å². The molecule has 1 aliphatic heterocycles. The molecule has 0 saturated heterocycles. The molecule has 0 aliphatic carbocycles. The molecule has 0 radical (unpaired) electrons. The van der Waals surface area contributed by atoms with Gasteiger partial charge in [-0.05, 0) is 11.5 Å². The molecule has 1 aliphatic rings. The highest BCUT2D eigenvalue weighted by molar-refractivity contribution is 8.02. The number of ketones is 1. The van der Waals surface area contributed by atoms with E-state index in [4.69, 9.17) is 0 Å². The molecule has 1 unspecified atom stereocenters. The molecule has 0 aromatic rings. The van der Waals surface area contributed by atoms with Gasteiger partial charge in [-0.25, -0.2) is 0 Å². The van der Waals surface area contributed by atoms with Crippen LogP contribution in [0.4, 0.5) is 0 Å². The zero-order valence-electron chi connectivity index (χ0n) is 4.76. The molecule has 0 bridgehead atoms. The quantitative estimate of drug-likeness (QED) is 0.493. The van der Waals surface area contributed by atoms with Crippen LogP contribution < -0.4 is 0 Å². The first kappa shape index (κ1) is 5.89. The van der Waals surface area contributed by atoms with Gasteiger partial charge in [0.15, 0.2) is 5.78 Å². The molecule has 8 heavy (non-hydrogen) atoms. The van der Waals surface area contributed by atoms with Crippen LogP contribution in [0.3, 0.4) is 0 Å². The fourth-order valence-electron chi connectivity index (χ4n) is 0.649. The van der Waals surface area contributed by atoms with Crippen molar-refractivity contribution in [1.82, 2.24) is 0 Å².